The van der Waals surface area contributed by atoms with Crippen molar-refractivity contribution in [3.63, 3.8) is 0 Å². The Hall–Kier alpha value is -5.65. The molecule has 59 heavy (non-hydrogen) atoms. The van der Waals surface area contributed by atoms with E-state index in [1.54, 1.807) is 6.92 Å². The average molecular weight is 817 g/mol. The number of nitrogens with one attached hydrogen (secondary N) is 2. The average Bonchev–Trinajstić information content (AvgIpc) is 3.61. The molecule has 1 aliphatic rings. The first-order chi connectivity index (χ1) is 28.4. The predicted octanol–water partition coefficient (Wildman–Crippen LogP) is 8.22. The number of cyclic esters (lactones) is 1. The van der Waals surface area contributed by atoms with E-state index in [0.717, 1.165) is 49.7 Å². The first-order valence-corrected chi connectivity index (χ1v) is 20.4. The van der Waals surface area contributed by atoms with E-state index in [4.69, 9.17) is 18.9 Å². The number of hydrogen-bond acceptors (Lipinski definition) is 10. The molecule has 1 aromatic carbocycles. The summed E-state index contributed by atoms with van der Waals surface area (Å²) in [6, 6.07) is -2.28. The van der Waals surface area contributed by atoms with Crippen molar-refractivity contribution in [2.45, 2.75) is 130 Å². The van der Waals surface area contributed by atoms with Crippen LogP contribution in [0.4, 0.5) is 0 Å². The van der Waals surface area contributed by atoms with Crippen molar-refractivity contribution in [3.8, 4) is 11.5 Å². The van der Waals surface area contributed by atoms with E-state index in [-0.39, 0.29) is 37.2 Å². The molecule has 0 saturated carbocycles. The van der Waals surface area contributed by atoms with Gasteiger partial charge in [-0.3, -0.25) is 9.59 Å². The number of fused-ring (bicyclic) bond motifs is 1. The van der Waals surface area contributed by atoms with E-state index < -0.39 is 47.9 Å². The van der Waals surface area contributed by atoms with Gasteiger partial charge in [0.15, 0.2) is 6.04 Å². The van der Waals surface area contributed by atoms with Crippen LogP contribution in [0.3, 0.4) is 0 Å². The summed E-state index contributed by atoms with van der Waals surface area (Å²) in [4.78, 5) is 63.0. The molecule has 2 rings (SSSR count). The fourth-order valence-electron chi connectivity index (χ4n) is 6.04. The molecule has 322 valence electrons. The molecular weight excluding hydrogens is 753 g/mol. The van der Waals surface area contributed by atoms with Crippen LogP contribution in [0.25, 0.3) is 0 Å². The van der Waals surface area contributed by atoms with Gasteiger partial charge in [-0.1, -0.05) is 91.5 Å². The number of esters is 3. The van der Waals surface area contributed by atoms with Crippen LogP contribution in [0.5, 0.6) is 11.5 Å². The highest BCUT2D eigenvalue weighted by atomic mass is 16.6. The molecule has 12 nitrogen and oxygen atoms in total. The van der Waals surface area contributed by atoms with E-state index in [1.165, 1.54) is 28.1 Å². The predicted molar refractivity (Wildman–Crippen MR) is 230 cm³/mol. The molecule has 2 amide bonds. The fraction of sp³-hybridized carbons (Fsp3) is 0.468. The molecule has 0 spiro atoms. The van der Waals surface area contributed by atoms with Crippen LogP contribution >= 0.6 is 0 Å². The van der Waals surface area contributed by atoms with Crippen molar-refractivity contribution >= 4 is 29.7 Å². The summed E-state index contributed by atoms with van der Waals surface area (Å²) in [6.07, 6.45) is 32.8. The second-order valence-corrected chi connectivity index (χ2v) is 14.1. The topological polar surface area (TPSA) is 167 Å². The Labute approximate surface area is 350 Å². The van der Waals surface area contributed by atoms with Crippen molar-refractivity contribution in [1.82, 2.24) is 10.6 Å². The molecule has 12 heteroatoms. The maximum Gasteiger partial charge on any atom is 0.342 e. The summed E-state index contributed by atoms with van der Waals surface area (Å²) in [5.74, 6) is -2.66. The molecule has 0 aliphatic carbocycles. The number of methoxy groups -OCH3 is 2. The van der Waals surface area contributed by atoms with Crippen LogP contribution < -0.4 is 15.4 Å². The molecular formula is C47H64N2O10. The second-order valence-electron chi connectivity index (χ2n) is 14.1. The van der Waals surface area contributed by atoms with Crippen LogP contribution in [-0.2, 0) is 46.4 Å². The van der Waals surface area contributed by atoms with Gasteiger partial charge in [0.05, 0.1) is 14.2 Å². The van der Waals surface area contributed by atoms with Crippen molar-refractivity contribution in [3.05, 3.63) is 107 Å². The van der Waals surface area contributed by atoms with Crippen molar-refractivity contribution in [1.29, 1.82) is 0 Å². The summed E-state index contributed by atoms with van der Waals surface area (Å²) in [5.41, 5.74) is 2.76. The Morgan fingerprint density at radius 3 is 1.86 bits per heavy atom. The number of rotatable bonds is 26. The molecule has 1 aromatic rings. The van der Waals surface area contributed by atoms with Gasteiger partial charge in [-0.2, -0.15) is 0 Å². The molecule has 1 aliphatic heterocycles. The summed E-state index contributed by atoms with van der Waals surface area (Å²) in [6.45, 7) is 8.77. The van der Waals surface area contributed by atoms with Gasteiger partial charge in [-0.05, 0) is 91.0 Å². The molecule has 3 unspecified atom stereocenters. The highest BCUT2D eigenvalue weighted by Gasteiger charge is 2.33. The van der Waals surface area contributed by atoms with Crippen LogP contribution in [0.2, 0.25) is 0 Å². The Kier molecular flexibility index (Phi) is 23.4. The van der Waals surface area contributed by atoms with E-state index in [0.29, 0.717) is 29.7 Å². The molecule has 1 heterocycles. The van der Waals surface area contributed by atoms with Crippen LogP contribution in [-0.4, -0.2) is 67.2 Å². The highest BCUT2D eigenvalue weighted by molar-refractivity contribution is 5.98. The second kappa shape index (κ2) is 27.9. The smallest absolute Gasteiger partial charge is 0.342 e. The largest absolute Gasteiger partial charge is 0.507 e. The van der Waals surface area contributed by atoms with Crippen LogP contribution in [0.1, 0.15) is 119 Å². The van der Waals surface area contributed by atoms with Gasteiger partial charge in [0.2, 0.25) is 11.8 Å². The number of benzene rings is 1. The lowest BCUT2D eigenvalue weighted by atomic mass is 9.94. The first kappa shape index (κ1) is 49.5. The van der Waals surface area contributed by atoms with E-state index in [1.807, 2.05) is 25.2 Å². The number of aromatic hydroxyl groups is 1. The lowest BCUT2D eigenvalue weighted by Crippen LogP contribution is -2.51. The minimum Gasteiger partial charge on any atom is -0.507 e. The minimum atomic E-state index is -1.24. The van der Waals surface area contributed by atoms with Gasteiger partial charge in [0, 0.05) is 24.0 Å². The Morgan fingerprint density at radius 2 is 1.32 bits per heavy atom. The van der Waals surface area contributed by atoms with Crippen molar-refractivity contribution in [2.75, 3.05) is 14.2 Å². The monoisotopic (exact) mass is 816 g/mol. The molecule has 3 atom stereocenters. The molecule has 3 N–H and O–H groups in total. The summed E-state index contributed by atoms with van der Waals surface area (Å²) in [5, 5.41) is 16.0. The molecule has 0 radical (unpaired) electrons. The van der Waals surface area contributed by atoms with Gasteiger partial charge >= 0.3 is 17.9 Å². The van der Waals surface area contributed by atoms with E-state index >= 15 is 0 Å². The summed E-state index contributed by atoms with van der Waals surface area (Å²) in [7, 11) is 2.67. The molecule has 0 aromatic heterocycles. The lowest BCUT2D eigenvalue weighted by molar-refractivity contribution is -0.159. The number of amides is 2. The Balaban J connectivity index is 1.73. The first-order valence-electron chi connectivity index (χ1n) is 20.4. The molecule has 0 saturated heterocycles. The SMILES string of the molecule is CCC=CCC=CCC=CCC=CCC=CCC=CCCC(=O)NC(C(=O)OC)C(C)OC(=O)C(C)NC(=O)CCC(C)=CCc1c(O)c2c(c(C)c1OC)COC2=O. The van der Waals surface area contributed by atoms with Gasteiger partial charge < -0.3 is 34.7 Å². The van der Waals surface area contributed by atoms with Gasteiger partial charge in [0.1, 0.15) is 35.8 Å². The number of phenolic OH excluding ortho intramolecular Hbond substituents is 1. The number of allylic oxidation sites excluding steroid dienone is 14. The Morgan fingerprint density at radius 1 is 0.780 bits per heavy atom. The number of ether oxygens (including phenoxy) is 4. The summed E-state index contributed by atoms with van der Waals surface area (Å²) >= 11 is 0. The third-order valence-electron chi connectivity index (χ3n) is 9.46. The number of carbonyl (C=O) groups excluding carboxylic acids is 5. The number of phenols is 1. The fourth-order valence-corrected chi connectivity index (χ4v) is 6.04. The molecule has 0 fully saturated rings. The van der Waals surface area contributed by atoms with E-state index in [9.17, 15) is 29.1 Å². The van der Waals surface area contributed by atoms with Crippen molar-refractivity contribution < 1.29 is 48.0 Å². The third-order valence-corrected chi connectivity index (χ3v) is 9.46. The van der Waals surface area contributed by atoms with Gasteiger partial charge in [0.25, 0.3) is 0 Å². The van der Waals surface area contributed by atoms with Gasteiger partial charge in [-0.15, -0.1) is 0 Å². The third kappa shape index (κ3) is 17.8. The van der Waals surface area contributed by atoms with Crippen molar-refractivity contribution in [2.24, 2.45) is 0 Å². The minimum absolute atomic E-state index is 0.0613. The zero-order valence-corrected chi connectivity index (χ0v) is 35.8. The maximum absolute atomic E-state index is 12.9. The normalized spacial score (nSPS) is 14.7. The zero-order valence-electron chi connectivity index (χ0n) is 35.8. The van der Waals surface area contributed by atoms with Crippen LogP contribution in [0, 0.1) is 6.92 Å². The highest BCUT2D eigenvalue weighted by Crippen LogP contribution is 2.42. The number of carbonyl (C=O) groups is 5. The van der Waals surface area contributed by atoms with Crippen LogP contribution in [0.15, 0.2) is 84.6 Å². The zero-order chi connectivity index (χ0) is 43.6. The number of hydrogen-bond donors (Lipinski definition) is 3. The lowest BCUT2D eigenvalue weighted by Gasteiger charge is -2.24. The Bertz CT molecular complexity index is 1780. The summed E-state index contributed by atoms with van der Waals surface area (Å²) < 4.78 is 20.9. The van der Waals surface area contributed by atoms with Gasteiger partial charge in [-0.25, -0.2) is 14.4 Å². The standard InChI is InChI=1S/C47H64N2O10/c1-8-9-10-11-12-13-14-15-16-17-18-19-20-21-22-23-24-25-26-27-39(50)49-42(47(55)57-7)36(5)59-45(53)35(4)48-40(51)31-29-33(2)28-30-37-43(52)41-38(32-58-46(41)54)34(3)44(37)56-6/h9-10,12-13,15-16,18-19,21-22,24-25,28,35-36,42,52H,8,11,14,17,20,23,26-27,29-32H2,1-7H3,(H,48,51)(H,49,50). The van der Waals surface area contributed by atoms with E-state index in [2.05, 4.69) is 78.3 Å². The maximum atomic E-state index is 12.9. The quantitative estimate of drug-likeness (QED) is 0.0471. The molecule has 0 bridgehead atoms.